The molecule has 0 aliphatic carbocycles. The van der Waals surface area contributed by atoms with Crippen LogP contribution in [0.5, 0.6) is 0 Å². The molecule has 0 aromatic rings. The second kappa shape index (κ2) is 5.67. The van der Waals surface area contributed by atoms with Gasteiger partial charge in [-0.05, 0) is 39.0 Å². The van der Waals surface area contributed by atoms with Gasteiger partial charge in [-0.1, -0.05) is 13.8 Å². The van der Waals surface area contributed by atoms with E-state index in [1.807, 2.05) is 0 Å². The van der Waals surface area contributed by atoms with Crippen LogP contribution >= 0.6 is 0 Å². The minimum absolute atomic E-state index is 0.0111. The fraction of sp³-hybridized carbons (Fsp3) is 0.923. The van der Waals surface area contributed by atoms with Crippen molar-refractivity contribution in [1.82, 2.24) is 4.90 Å². The minimum atomic E-state index is -0.0111. The lowest BCUT2D eigenvalue weighted by Crippen LogP contribution is -2.51. The predicted octanol–water partition coefficient (Wildman–Crippen LogP) is 2.01. The highest BCUT2D eigenvalue weighted by molar-refractivity contribution is 5.80. The Balaban J connectivity index is 2.76. The lowest BCUT2D eigenvalue weighted by Gasteiger charge is -2.41. The van der Waals surface area contributed by atoms with E-state index in [1.165, 1.54) is 6.42 Å². The summed E-state index contributed by atoms with van der Waals surface area (Å²) in [5.41, 5.74) is 5.72. The minimum Gasteiger partial charge on any atom is -0.337 e. The molecule has 94 valence electrons. The van der Waals surface area contributed by atoms with E-state index in [0.29, 0.717) is 24.5 Å². The molecular weight excluding hydrogens is 200 g/mol. The molecule has 1 amide bonds. The maximum atomic E-state index is 12.4. The largest absolute Gasteiger partial charge is 0.337 e. The molecule has 0 bridgehead atoms. The van der Waals surface area contributed by atoms with E-state index < -0.39 is 0 Å². The molecular formula is C13H26N2O. The number of hydrogen-bond donors (Lipinski definition) is 1. The van der Waals surface area contributed by atoms with Crippen molar-refractivity contribution < 1.29 is 4.79 Å². The first-order valence-corrected chi connectivity index (χ1v) is 6.51. The van der Waals surface area contributed by atoms with E-state index in [9.17, 15) is 4.79 Å². The van der Waals surface area contributed by atoms with Crippen LogP contribution < -0.4 is 5.73 Å². The second-order valence-electron chi connectivity index (χ2n) is 5.46. The number of amides is 1. The monoisotopic (exact) mass is 226 g/mol. The van der Waals surface area contributed by atoms with Crippen LogP contribution in [0, 0.1) is 11.8 Å². The lowest BCUT2D eigenvalue weighted by atomic mass is 9.90. The summed E-state index contributed by atoms with van der Waals surface area (Å²) < 4.78 is 0. The normalized spacial score (nSPS) is 28.2. The van der Waals surface area contributed by atoms with Crippen LogP contribution in [-0.4, -0.2) is 29.4 Å². The number of hydrogen-bond acceptors (Lipinski definition) is 2. The summed E-state index contributed by atoms with van der Waals surface area (Å²) in [7, 11) is 0. The van der Waals surface area contributed by atoms with Crippen LogP contribution in [0.2, 0.25) is 0 Å². The highest BCUT2D eigenvalue weighted by Gasteiger charge is 2.33. The molecule has 0 aromatic carbocycles. The van der Waals surface area contributed by atoms with E-state index in [2.05, 4.69) is 32.6 Å². The van der Waals surface area contributed by atoms with Crippen LogP contribution in [0.15, 0.2) is 0 Å². The average Bonchev–Trinajstić information content (AvgIpc) is 2.17. The van der Waals surface area contributed by atoms with Gasteiger partial charge >= 0.3 is 0 Å². The van der Waals surface area contributed by atoms with Crippen molar-refractivity contribution in [3.63, 3.8) is 0 Å². The average molecular weight is 226 g/mol. The third-order valence-electron chi connectivity index (χ3n) is 3.82. The number of nitrogens with zero attached hydrogens (tertiary/aromatic N) is 1. The first-order chi connectivity index (χ1) is 7.49. The summed E-state index contributed by atoms with van der Waals surface area (Å²) in [5, 5.41) is 0. The molecule has 1 saturated heterocycles. The Morgan fingerprint density at radius 1 is 1.31 bits per heavy atom. The topological polar surface area (TPSA) is 46.3 Å². The van der Waals surface area contributed by atoms with Gasteiger partial charge in [-0.3, -0.25) is 4.79 Å². The van der Waals surface area contributed by atoms with Gasteiger partial charge in [-0.25, -0.2) is 0 Å². The summed E-state index contributed by atoms with van der Waals surface area (Å²) in [6, 6.07) is 0.757. The number of carbonyl (C=O) groups is 1. The van der Waals surface area contributed by atoms with Crippen molar-refractivity contribution in [3.8, 4) is 0 Å². The Morgan fingerprint density at radius 3 is 2.19 bits per heavy atom. The first-order valence-electron chi connectivity index (χ1n) is 6.51. The van der Waals surface area contributed by atoms with Crippen molar-refractivity contribution in [1.29, 1.82) is 0 Å². The molecule has 16 heavy (non-hydrogen) atoms. The fourth-order valence-electron chi connectivity index (χ4n) is 2.71. The van der Waals surface area contributed by atoms with Crippen molar-refractivity contribution >= 4 is 5.91 Å². The van der Waals surface area contributed by atoms with Gasteiger partial charge in [-0.15, -0.1) is 0 Å². The zero-order valence-corrected chi connectivity index (χ0v) is 11.1. The van der Waals surface area contributed by atoms with Gasteiger partial charge in [0.05, 0.1) is 5.92 Å². The Labute approximate surface area is 99.4 Å². The van der Waals surface area contributed by atoms with Crippen molar-refractivity contribution in [3.05, 3.63) is 0 Å². The molecule has 1 unspecified atom stereocenters. The van der Waals surface area contributed by atoms with Gasteiger partial charge in [0.2, 0.25) is 5.91 Å². The SMILES string of the molecule is CC(C)C(CN)C(=O)N1[C@H](C)CCC[C@@H]1C. The van der Waals surface area contributed by atoms with Crippen LogP contribution in [0.25, 0.3) is 0 Å². The zero-order chi connectivity index (χ0) is 12.3. The third-order valence-corrected chi connectivity index (χ3v) is 3.82. The van der Waals surface area contributed by atoms with Crippen molar-refractivity contribution in [2.75, 3.05) is 6.54 Å². The predicted molar refractivity (Wildman–Crippen MR) is 67.0 cm³/mol. The summed E-state index contributed by atoms with van der Waals surface area (Å²) in [6.45, 7) is 8.93. The van der Waals surface area contributed by atoms with E-state index in [4.69, 9.17) is 5.73 Å². The van der Waals surface area contributed by atoms with Crippen LogP contribution in [0.4, 0.5) is 0 Å². The summed E-state index contributed by atoms with van der Waals surface area (Å²) >= 11 is 0. The zero-order valence-electron chi connectivity index (χ0n) is 11.1. The second-order valence-corrected chi connectivity index (χ2v) is 5.46. The Bertz CT molecular complexity index is 230. The Hall–Kier alpha value is -0.570. The molecule has 1 aliphatic rings. The number of carbonyl (C=O) groups excluding carboxylic acids is 1. The molecule has 2 N–H and O–H groups in total. The first kappa shape index (κ1) is 13.5. The van der Waals surface area contributed by atoms with Crippen molar-refractivity contribution in [2.45, 2.75) is 59.0 Å². The van der Waals surface area contributed by atoms with E-state index in [0.717, 1.165) is 12.8 Å². The summed E-state index contributed by atoms with van der Waals surface area (Å²) in [4.78, 5) is 14.5. The van der Waals surface area contributed by atoms with Gasteiger partial charge in [0.15, 0.2) is 0 Å². The molecule has 0 spiro atoms. The van der Waals surface area contributed by atoms with E-state index >= 15 is 0 Å². The van der Waals surface area contributed by atoms with Gasteiger partial charge in [0, 0.05) is 18.6 Å². The lowest BCUT2D eigenvalue weighted by molar-refractivity contribution is -0.142. The Morgan fingerprint density at radius 2 is 1.81 bits per heavy atom. The smallest absolute Gasteiger partial charge is 0.227 e. The molecule has 0 aromatic heterocycles. The highest BCUT2D eigenvalue weighted by atomic mass is 16.2. The fourth-order valence-corrected chi connectivity index (χ4v) is 2.71. The molecule has 1 heterocycles. The third kappa shape index (κ3) is 2.76. The number of likely N-dealkylation sites (tertiary alicyclic amines) is 1. The molecule has 1 fully saturated rings. The van der Waals surface area contributed by atoms with Crippen LogP contribution in [0.3, 0.4) is 0 Å². The highest BCUT2D eigenvalue weighted by Crippen LogP contribution is 2.26. The van der Waals surface area contributed by atoms with Crippen LogP contribution in [-0.2, 0) is 4.79 Å². The van der Waals surface area contributed by atoms with Gasteiger partial charge in [0.1, 0.15) is 0 Å². The van der Waals surface area contributed by atoms with Crippen LogP contribution in [0.1, 0.15) is 47.0 Å². The molecule has 0 radical (unpaired) electrons. The number of rotatable bonds is 3. The van der Waals surface area contributed by atoms with Gasteiger partial charge in [0.25, 0.3) is 0 Å². The summed E-state index contributed by atoms with van der Waals surface area (Å²) in [6.07, 6.45) is 3.50. The van der Waals surface area contributed by atoms with Gasteiger partial charge in [-0.2, -0.15) is 0 Å². The molecule has 1 aliphatic heterocycles. The van der Waals surface area contributed by atoms with E-state index in [1.54, 1.807) is 0 Å². The molecule has 0 saturated carbocycles. The molecule has 3 nitrogen and oxygen atoms in total. The Kier molecular flexibility index (Phi) is 4.78. The molecule has 1 rings (SSSR count). The number of nitrogens with two attached hydrogens (primary N) is 1. The quantitative estimate of drug-likeness (QED) is 0.800. The maximum absolute atomic E-state index is 12.4. The van der Waals surface area contributed by atoms with Crippen molar-refractivity contribution in [2.24, 2.45) is 17.6 Å². The summed E-state index contributed by atoms with van der Waals surface area (Å²) in [5.74, 6) is 0.582. The standard InChI is InChI=1S/C13H26N2O/c1-9(2)12(8-14)13(16)15-10(3)6-5-7-11(15)4/h9-12H,5-8,14H2,1-4H3/t10-,11+,12?. The van der Waals surface area contributed by atoms with Gasteiger partial charge < -0.3 is 10.6 Å². The molecule has 3 atom stereocenters. The maximum Gasteiger partial charge on any atom is 0.227 e. The molecule has 3 heteroatoms. The number of piperidine rings is 1. The van der Waals surface area contributed by atoms with E-state index in [-0.39, 0.29) is 11.8 Å².